The number of amides is 1. The van der Waals surface area contributed by atoms with Crippen LogP contribution in [0.15, 0.2) is 35.5 Å². The summed E-state index contributed by atoms with van der Waals surface area (Å²) in [4.78, 5) is 15.3. The van der Waals surface area contributed by atoms with Gasteiger partial charge in [0.25, 0.3) is 0 Å². The number of hydrogen-bond donors (Lipinski definition) is 2. The van der Waals surface area contributed by atoms with Crippen molar-refractivity contribution >= 4 is 17.7 Å². The van der Waals surface area contributed by atoms with E-state index in [-0.39, 0.29) is 0 Å². The van der Waals surface area contributed by atoms with Gasteiger partial charge in [-0.3, -0.25) is 9.79 Å². The number of hydrogen-bond acceptors (Lipinski definition) is 3. The van der Waals surface area contributed by atoms with Gasteiger partial charge in [0, 0.05) is 36.5 Å². The fourth-order valence-electron chi connectivity index (χ4n) is 1.63. The second-order valence-corrected chi connectivity index (χ2v) is 4.26. The molecule has 0 aromatic heterocycles. The molecule has 1 aromatic rings. The van der Waals surface area contributed by atoms with Crippen LogP contribution in [0.3, 0.4) is 0 Å². The van der Waals surface area contributed by atoms with E-state index in [4.69, 9.17) is 17.9 Å². The van der Waals surface area contributed by atoms with E-state index >= 15 is 0 Å². The van der Waals surface area contributed by atoms with E-state index in [0.29, 0.717) is 5.56 Å². The number of benzene rings is 1. The third-order valence-corrected chi connectivity index (χ3v) is 2.77. The number of nitrogens with zero attached hydrogens (tertiary/aromatic N) is 1. The van der Waals surface area contributed by atoms with Gasteiger partial charge in [0.2, 0.25) is 5.91 Å². The van der Waals surface area contributed by atoms with Crippen LogP contribution in [0.4, 0.5) is 0 Å². The van der Waals surface area contributed by atoms with Crippen LogP contribution < -0.4 is 11.5 Å². The van der Waals surface area contributed by atoms with Crippen molar-refractivity contribution < 1.29 is 4.79 Å². The molecule has 20 heavy (non-hydrogen) atoms. The molecule has 0 unspecified atom stereocenters. The number of primary amides is 1. The first-order chi connectivity index (χ1) is 9.69. The predicted octanol–water partition coefficient (Wildman–Crippen LogP) is 1.96. The summed E-state index contributed by atoms with van der Waals surface area (Å²) in [6, 6.07) is 6.93. The van der Waals surface area contributed by atoms with Crippen molar-refractivity contribution in [3.05, 3.63) is 41.6 Å². The highest BCUT2D eigenvalue weighted by atomic mass is 16.1. The molecule has 0 fully saturated rings. The van der Waals surface area contributed by atoms with E-state index in [1.807, 2.05) is 0 Å². The quantitative estimate of drug-likeness (QED) is 0.450. The molecule has 1 rings (SSSR count). The molecule has 4 nitrogen and oxygen atoms in total. The van der Waals surface area contributed by atoms with E-state index in [2.05, 4.69) is 10.9 Å². The number of nitrogens with two attached hydrogens (primary N) is 2. The minimum Gasteiger partial charge on any atom is -0.404 e. The summed E-state index contributed by atoms with van der Waals surface area (Å²) >= 11 is 0. The highest BCUT2D eigenvalue weighted by Crippen LogP contribution is 2.12. The summed E-state index contributed by atoms with van der Waals surface area (Å²) < 4.78 is 0. The zero-order chi connectivity index (χ0) is 14.8. The van der Waals surface area contributed by atoms with Crippen LogP contribution in [-0.4, -0.2) is 18.7 Å². The maximum absolute atomic E-state index is 11.0. The number of unbranched alkanes of at least 4 members (excludes halogenated alkanes) is 2. The molecule has 4 N–H and O–H groups in total. The lowest BCUT2D eigenvalue weighted by atomic mass is 10.1. The van der Waals surface area contributed by atoms with Crippen LogP contribution in [0.1, 0.15) is 35.2 Å². The van der Waals surface area contributed by atoms with Gasteiger partial charge in [-0.15, -0.1) is 12.3 Å². The Bertz CT molecular complexity index is 536. The fourth-order valence-corrected chi connectivity index (χ4v) is 1.63. The smallest absolute Gasteiger partial charge is 0.248 e. The molecule has 0 radical (unpaired) electrons. The Hall–Kier alpha value is -2.54. The third kappa shape index (κ3) is 4.99. The molecule has 0 saturated heterocycles. The minimum atomic E-state index is -0.447. The van der Waals surface area contributed by atoms with Crippen LogP contribution in [0.2, 0.25) is 0 Å². The Morgan fingerprint density at radius 3 is 2.45 bits per heavy atom. The lowest BCUT2D eigenvalue weighted by Gasteiger charge is -2.02. The number of carbonyl (C=O) groups excluding carboxylic acids is 1. The zero-order valence-corrected chi connectivity index (χ0v) is 11.4. The number of rotatable bonds is 7. The van der Waals surface area contributed by atoms with Crippen molar-refractivity contribution in [1.29, 1.82) is 0 Å². The van der Waals surface area contributed by atoms with E-state index in [9.17, 15) is 4.79 Å². The molecule has 4 heteroatoms. The molecule has 0 spiro atoms. The number of aliphatic imine (C=N–C) groups is 1. The summed E-state index contributed by atoms with van der Waals surface area (Å²) in [6.45, 7) is 0.721. The highest BCUT2D eigenvalue weighted by Gasteiger charge is 2.02. The van der Waals surface area contributed by atoms with Gasteiger partial charge < -0.3 is 11.5 Å². The Morgan fingerprint density at radius 1 is 1.25 bits per heavy atom. The lowest BCUT2D eigenvalue weighted by molar-refractivity contribution is 0.100. The molecular formula is C16H19N3O. The molecule has 0 aliphatic rings. The van der Waals surface area contributed by atoms with Crippen molar-refractivity contribution in [3.8, 4) is 12.3 Å². The van der Waals surface area contributed by atoms with Crippen LogP contribution in [-0.2, 0) is 0 Å². The van der Waals surface area contributed by atoms with Gasteiger partial charge in [0.15, 0.2) is 0 Å². The molecule has 0 bridgehead atoms. The minimum absolute atomic E-state index is 0.447. The summed E-state index contributed by atoms with van der Waals surface area (Å²) in [6.07, 6.45) is 11.1. The van der Waals surface area contributed by atoms with Gasteiger partial charge in [-0.05, 0) is 30.5 Å². The van der Waals surface area contributed by atoms with E-state index < -0.39 is 5.91 Å². The fraction of sp³-hybridized carbons (Fsp3) is 0.250. The summed E-state index contributed by atoms with van der Waals surface area (Å²) in [5.41, 5.74) is 13.0. The molecule has 0 atom stereocenters. The van der Waals surface area contributed by atoms with Gasteiger partial charge >= 0.3 is 0 Å². The Morgan fingerprint density at radius 2 is 1.90 bits per heavy atom. The zero-order valence-electron chi connectivity index (χ0n) is 11.4. The summed E-state index contributed by atoms with van der Waals surface area (Å²) in [5, 5.41) is 0. The summed E-state index contributed by atoms with van der Waals surface area (Å²) in [7, 11) is 0. The van der Waals surface area contributed by atoms with E-state index in [1.165, 1.54) is 6.20 Å². The predicted molar refractivity (Wildman–Crippen MR) is 83.2 cm³/mol. The average Bonchev–Trinajstić information content (AvgIpc) is 2.47. The molecular weight excluding hydrogens is 250 g/mol. The molecule has 1 aromatic carbocycles. The maximum Gasteiger partial charge on any atom is 0.248 e. The van der Waals surface area contributed by atoms with Gasteiger partial charge in [0.1, 0.15) is 0 Å². The van der Waals surface area contributed by atoms with Crippen molar-refractivity contribution in [3.63, 3.8) is 0 Å². The van der Waals surface area contributed by atoms with Crippen LogP contribution in [0.25, 0.3) is 5.57 Å². The molecule has 1 amide bonds. The van der Waals surface area contributed by atoms with Crippen LogP contribution >= 0.6 is 0 Å². The van der Waals surface area contributed by atoms with Gasteiger partial charge in [-0.1, -0.05) is 12.1 Å². The van der Waals surface area contributed by atoms with Gasteiger partial charge in [-0.25, -0.2) is 0 Å². The molecule has 0 heterocycles. The van der Waals surface area contributed by atoms with E-state index in [0.717, 1.165) is 36.9 Å². The van der Waals surface area contributed by atoms with Crippen LogP contribution in [0.5, 0.6) is 0 Å². The second-order valence-electron chi connectivity index (χ2n) is 4.26. The van der Waals surface area contributed by atoms with Crippen molar-refractivity contribution in [2.24, 2.45) is 16.5 Å². The van der Waals surface area contributed by atoms with Crippen molar-refractivity contribution in [2.75, 3.05) is 6.54 Å². The maximum atomic E-state index is 11.0. The molecule has 0 saturated carbocycles. The highest BCUT2D eigenvalue weighted by molar-refractivity contribution is 6.09. The Kier molecular flexibility index (Phi) is 6.63. The topological polar surface area (TPSA) is 81.5 Å². The van der Waals surface area contributed by atoms with Crippen molar-refractivity contribution in [2.45, 2.75) is 19.3 Å². The van der Waals surface area contributed by atoms with Crippen molar-refractivity contribution in [1.82, 2.24) is 0 Å². The molecule has 104 valence electrons. The SMILES string of the molecule is C#CCCCCN=C/C(=C\N)c1ccc(C(N)=O)cc1. The molecule has 0 aliphatic carbocycles. The first-order valence-corrected chi connectivity index (χ1v) is 6.44. The number of allylic oxidation sites excluding steroid dienone is 1. The summed E-state index contributed by atoms with van der Waals surface area (Å²) in [5.74, 6) is 2.15. The Labute approximate surface area is 119 Å². The second kappa shape index (κ2) is 8.54. The van der Waals surface area contributed by atoms with Gasteiger partial charge in [-0.2, -0.15) is 0 Å². The van der Waals surface area contributed by atoms with Crippen LogP contribution in [0, 0.1) is 12.3 Å². The van der Waals surface area contributed by atoms with Gasteiger partial charge in [0.05, 0.1) is 0 Å². The number of carbonyl (C=O) groups is 1. The third-order valence-electron chi connectivity index (χ3n) is 2.77. The first kappa shape index (κ1) is 15.5. The Balaban J connectivity index is 2.61. The average molecular weight is 269 g/mol. The normalized spacial score (nSPS) is 11.4. The lowest BCUT2D eigenvalue weighted by Crippen LogP contribution is -2.10. The largest absolute Gasteiger partial charge is 0.404 e. The standard InChI is InChI=1S/C16H19N3O/c1-2-3-4-5-10-19-12-15(11-17)13-6-8-14(9-7-13)16(18)20/h1,6-9,11-12H,3-5,10,17H2,(H2,18,20)/b15-11+,19-12?. The van der Waals surface area contributed by atoms with E-state index in [1.54, 1.807) is 30.5 Å². The number of terminal acetylenes is 1. The molecule has 0 aliphatic heterocycles. The first-order valence-electron chi connectivity index (χ1n) is 6.44. The monoisotopic (exact) mass is 269 g/mol.